The number of benzene rings is 1. The minimum Gasteiger partial charge on any atom is -0.368 e. The number of thiazole rings is 1. The highest BCUT2D eigenvalue weighted by Gasteiger charge is 2.15. The van der Waals surface area contributed by atoms with Gasteiger partial charge in [-0.1, -0.05) is 47.6 Å². The molecule has 2 rings (SSSR count). The summed E-state index contributed by atoms with van der Waals surface area (Å²) in [6, 6.07) is 10.5. The van der Waals surface area contributed by atoms with Crippen molar-refractivity contribution in [1.82, 2.24) is 0 Å². The van der Waals surface area contributed by atoms with Crippen molar-refractivity contribution in [2.24, 2.45) is 0 Å². The number of ether oxygens (including phenoxy) is 1. The second-order valence-electron chi connectivity index (χ2n) is 4.35. The molecule has 0 fully saturated rings. The third-order valence-electron chi connectivity index (χ3n) is 3.01. The highest BCUT2D eigenvalue weighted by molar-refractivity contribution is 7.09. The summed E-state index contributed by atoms with van der Waals surface area (Å²) < 4.78 is 7.62. The van der Waals surface area contributed by atoms with E-state index in [9.17, 15) is 0 Å². The van der Waals surface area contributed by atoms with Crippen LogP contribution in [-0.2, 0) is 17.7 Å². The molecule has 0 aliphatic rings. The molecule has 0 aliphatic heterocycles. The van der Waals surface area contributed by atoms with Crippen molar-refractivity contribution in [2.45, 2.75) is 19.9 Å². The second kappa shape index (κ2) is 7.08. The molecular formula is C16H18NOS+. The molecule has 0 aliphatic carbocycles. The van der Waals surface area contributed by atoms with Gasteiger partial charge < -0.3 is 4.74 Å². The Hall–Kier alpha value is -1.63. The van der Waals surface area contributed by atoms with Gasteiger partial charge in [-0.2, -0.15) is 4.57 Å². The third-order valence-corrected chi connectivity index (χ3v) is 4.16. The Labute approximate surface area is 118 Å². The average Bonchev–Trinajstić information content (AvgIpc) is 2.78. The number of nitrogens with zero attached hydrogens (tertiary/aromatic N) is 1. The van der Waals surface area contributed by atoms with Gasteiger partial charge in [0.2, 0.25) is 5.51 Å². The Kier molecular flexibility index (Phi) is 5.14. The van der Waals surface area contributed by atoms with Gasteiger partial charge in [-0.05, 0) is 0 Å². The molecular weight excluding hydrogens is 254 g/mol. The lowest BCUT2D eigenvalue weighted by Gasteiger charge is -1.99. The molecule has 0 bridgehead atoms. The number of aromatic nitrogens is 1. The molecule has 0 atom stereocenters. The van der Waals surface area contributed by atoms with Crippen molar-refractivity contribution in [1.29, 1.82) is 0 Å². The Morgan fingerprint density at radius 1 is 1.32 bits per heavy atom. The van der Waals surface area contributed by atoms with Crippen LogP contribution in [0.15, 0.2) is 35.8 Å². The normalized spacial score (nSPS) is 10.3. The van der Waals surface area contributed by atoms with Crippen LogP contribution in [0.2, 0.25) is 0 Å². The Morgan fingerprint density at radius 3 is 2.84 bits per heavy atom. The first kappa shape index (κ1) is 13.8. The van der Waals surface area contributed by atoms with Crippen molar-refractivity contribution in [3.8, 4) is 12.3 Å². The number of hydrogen-bond acceptors (Lipinski definition) is 2. The van der Waals surface area contributed by atoms with E-state index in [1.807, 2.05) is 6.07 Å². The lowest BCUT2D eigenvalue weighted by atomic mass is 10.2. The molecule has 2 aromatic rings. The lowest BCUT2D eigenvalue weighted by molar-refractivity contribution is -0.689. The van der Waals surface area contributed by atoms with E-state index in [-0.39, 0.29) is 0 Å². The van der Waals surface area contributed by atoms with E-state index < -0.39 is 0 Å². The monoisotopic (exact) mass is 272 g/mol. The van der Waals surface area contributed by atoms with Gasteiger partial charge in [0, 0.05) is 18.9 Å². The summed E-state index contributed by atoms with van der Waals surface area (Å²) in [5.74, 6) is 2.48. The lowest BCUT2D eigenvalue weighted by Crippen LogP contribution is -2.35. The molecule has 0 radical (unpaired) electrons. The van der Waals surface area contributed by atoms with Crippen LogP contribution in [0.5, 0.6) is 0 Å². The van der Waals surface area contributed by atoms with Crippen molar-refractivity contribution in [3.63, 3.8) is 0 Å². The summed E-state index contributed by atoms with van der Waals surface area (Å²) in [5, 5.41) is 0. The molecule has 0 saturated heterocycles. The zero-order chi connectivity index (χ0) is 13.5. The molecule has 0 spiro atoms. The first-order valence-electron chi connectivity index (χ1n) is 6.33. The molecule has 19 heavy (non-hydrogen) atoms. The van der Waals surface area contributed by atoms with Crippen LogP contribution < -0.4 is 4.57 Å². The molecule has 3 heteroatoms. The second-order valence-corrected chi connectivity index (χ2v) is 5.29. The van der Waals surface area contributed by atoms with E-state index in [4.69, 9.17) is 11.2 Å². The van der Waals surface area contributed by atoms with E-state index in [2.05, 4.69) is 47.2 Å². The molecule has 98 valence electrons. The van der Waals surface area contributed by atoms with Gasteiger partial charge in [0.1, 0.15) is 6.61 Å². The van der Waals surface area contributed by atoms with E-state index in [0.29, 0.717) is 13.2 Å². The predicted octanol–water partition coefficient (Wildman–Crippen LogP) is 2.58. The highest BCUT2D eigenvalue weighted by atomic mass is 32.1. The standard InChI is InChI=1S/C16H18NOS/c1-3-10-18-11-9-16-14(2)17(13-19-16)12-15-7-5-4-6-8-15/h1,4-8,13H,9-12H2,2H3/q+1. The van der Waals surface area contributed by atoms with Gasteiger partial charge in [-0.3, -0.25) is 0 Å². The Morgan fingerprint density at radius 2 is 2.11 bits per heavy atom. The van der Waals surface area contributed by atoms with Crippen LogP contribution in [0.1, 0.15) is 16.1 Å². The van der Waals surface area contributed by atoms with Crippen molar-refractivity contribution in [2.75, 3.05) is 13.2 Å². The van der Waals surface area contributed by atoms with Gasteiger partial charge in [-0.15, -0.1) is 6.42 Å². The molecule has 0 amide bonds. The Balaban J connectivity index is 1.96. The maximum Gasteiger partial charge on any atom is 0.225 e. The van der Waals surface area contributed by atoms with Gasteiger partial charge in [-0.25, -0.2) is 0 Å². The smallest absolute Gasteiger partial charge is 0.225 e. The zero-order valence-corrected chi connectivity index (χ0v) is 12.0. The molecule has 1 aromatic heterocycles. The minimum atomic E-state index is 0.397. The van der Waals surface area contributed by atoms with Crippen LogP contribution in [-0.4, -0.2) is 13.2 Å². The van der Waals surface area contributed by atoms with Crippen molar-refractivity contribution in [3.05, 3.63) is 52.0 Å². The third kappa shape index (κ3) is 3.92. The largest absolute Gasteiger partial charge is 0.368 e. The number of hydrogen-bond donors (Lipinski definition) is 0. The summed E-state index contributed by atoms with van der Waals surface area (Å²) in [4.78, 5) is 1.37. The SMILES string of the molecule is C#CCOCCc1sc[n+](Cc2ccccc2)c1C. The van der Waals surface area contributed by atoms with Crippen LogP contribution in [0.25, 0.3) is 0 Å². The Bertz CT molecular complexity index is 554. The summed E-state index contributed by atoms with van der Waals surface area (Å²) in [7, 11) is 0. The summed E-state index contributed by atoms with van der Waals surface area (Å²) in [6.45, 7) is 4.18. The van der Waals surface area contributed by atoms with Crippen LogP contribution in [0, 0.1) is 19.3 Å². The molecule has 0 saturated carbocycles. The zero-order valence-electron chi connectivity index (χ0n) is 11.1. The summed E-state index contributed by atoms with van der Waals surface area (Å²) in [6.07, 6.45) is 6.08. The fourth-order valence-corrected chi connectivity index (χ4v) is 2.90. The summed E-state index contributed by atoms with van der Waals surface area (Å²) in [5.41, 5.74) is 4.82. The van der Waals surface area contributed by atoms with Gasteiger partial charge in [0.05, 0.1) is 11.5 Å². The predicted molar refractivity (Wildman–Crippen MR) is 78.2 cm³/mol. The minimum absolute atomic E-state index is 0.397. The van der Waals surface area contributed by atoms with Crippen LogP contribution in [0.3, 0.4) is 0 Å². The van der Waals surface area contributed by atoms with E-state index in [1.165, 1.54) is 16.1 Å². The topological polar surface area (TPSA) is 13.1 Å². The maximum atomic E-state index is 5.33. The van der Waals surface area contributed by atoms with Gasteiger partial charge >= 0.3 is 0 Å². The average molecular weight is 272 g/mol. The molecule has 0 N–H and O–H groups in total. The number of terminal acetylenes is 1. The number of rotatable bonds is 6. The molecule has 1 aromatic carbocycles. The molecule has 1 heterocycles. The molecule has 0 unspecified atom stereocenters. The molecule has 2 nitrogen and oxygen atoms in total. The first-order chi connectivity index (χ1) is 9.31. The van der Waals surface area contributed by atoms with Gasteiger partial charge in [0.25, 0.3) is 0 Å². The van der Waals surface area contributed by atoms with E-state index in [1.54, 1.807) is 11.3 Å². The maximum absolute atomic E-state index is 5.33. The highest BCUT2D eigenvalue weighted by Crippen LogP contribution is 2.12. The van der Waals surface area contributed by atoms with Crippen LogP contribution in [0.4, 0.5) is 0 Å². The van der Waals surface area contributed by atoms with Crippen molar-refractivity contribution >= 4 is 11.3 Å². The van der Waals surface area contributed by atoms with E-state index in [0.717, 1.165) is 13.0 Å². The fraction of sp³-hybridized carbons (Fsp3) is 0.312. The van der Waals surface area contributed by atoms with Gasteiger partial charge in [0.15, 0.2) is 12.2 Å². The van der Waals surface area contributed by atoms with Crippen LogP contribution >= 0.6 is 11.3 Å². The first-order valence-corrected chi connectivity index (χ1v) is 7.20. The van der Waals surface area contributed by atoms with Crippen molar-refractivity contribution < 1.29 is 9.30 Å². The summed E-state index contributed by atoms with van der Waals surface area (Å²) >= 11 is 1.78. The quantitative estimate of drug-likeness (QED) is 0.447. The van der Waals surface area contributed by atoms with E-state index >= 15 is 0 Å². The fourth-order valence-electron chi connectivity index (χ4n) is 1.92.